The standard InChI is InChI=1S/C17H27FN2/c1-3-5-14-6-4-10-20(11-9-14)17-8-7-15(13(2)19)12-16(17)18/h7-8,12-14H,3-6,9-11,19H2,1-2H3/t13-,14?/m1/s1. The predicted molar refractivity (Wildman–Crippen MR) is 83.5 cm³/mol. The van der Waals surface area contributed by atoms with Gasteiger partial charge in [-0.05, 0) is 49.8 Å². The van der Waals surface area contributed by atoms with E-state index in [1.165, 1.54) is 32.1 Å². The molecule has 0 aromatic heterocycles. The van der Waals surface area contributed by atoms with E-state index < -0.39 is 0 Å². The summed E-state index contributed by atoms with van der Waals surface area (Å²) in [6.45, 7) is 6.07. The van der Waals surface area contributed by atoms with E-state index in [1.54, 1.807) is 6.07 Å². The molecular weight excluding hydrogens is 251 g/mol. The lowest BCUT2D eigenvalue weighted by molar-refractivity contribution is 0.435. The molecule has 0 spiro atoms. The molecule has 1 aliphatic heterocycles. The van der Waals surface area contributed by atoms with Gasteiger partial charge in [-0.1, -0.05) is 25.8 Å². The highest BCUT2D eigenvalue weighted by Gasteiger charge is 2.19. The molecular formula is C17H27FN2. The summed E-state index contributed by atoms with van der Waals surface area (Å²) >= 11 is 0. The van der Waals surface area contributed by atoms with Gasteiger partial charge in [-0.2, -0.15) is 0 Å². The maximum atomic E-state index is 14.3. The van der Waals surface area contributed by atoms with Gasteiger partial charge in [-0.25, -0.2) is 4.39 Å². The highest BCUT2D eigenvalue weighted by molar-refractivity contribution is 5.49. The van der Waals surface area contributed by atoms with Crippen molar-refractivity contribution in [3.05, 3.63) is 29.6 Å². The molecule has 20 heavy (non-hydrogen) atoms. The molecule has 112 valence electrons. The van der Waals surface area contributed by atoms with Gasteiger partial charge in [0.2, 0.25) is 0 Å². The van der Waals surface area contributed by atoms with Gasteiger partial charge in [0, 0.05) is 19.1 Å². The van der Waals surface area contributed by atoms with Crippen LogP contribution in [-0.2, 0) is 0 Å². The summed E-state index contributed by atoms with van der Waals surface area (Å²) < 4.78 is 14.3. The zero-order valence-corrected chi connectivity index (χ0v) is 12.7. The molecule has 1 aliphatic rings. The van der Waals surface area contributed by atoms with Crippen molar-refractivity contribution in [3.63, 3.8) is 0 Å². The SMILES string of the molecule is CCCC1CCCN(c2ccc([C@@H](C)N)cc2F)CC1. The summed E-state index contributed by atoms with van der Waals surface area (Å²) in [7, 11) is 0. The van der Waals surface area contributed by atoms with Gasteiger partial charge >= 0.3 is 0 Å². The molecule has 0 bridgehead atoms. The van der Waals surface area contributed by atoms with Crippen LogP contribution in [0.15, 0.2) is 18.2 Å². The lowest BCUT2D eigenvalue weighted by Crippen LogP contribution is -2.25. The molecule has 0 amide bonds. The number of nitrogens with zero attached hydrogens (tertiary/aromatic N) is 1. The number of anilines is 1. The number of nitrogens with two attached hydrogens (primary N) is 1. The second kappa shape index (κ2) is 7.07. The fourth-order valence-electron chi connectivity index (χ4n) is 3.17. The zero-order valence-electron chi connectivity index (χ0n) is 12.7. The summed E-state index contributed by atoms with van der Waals surface area (Å²) in [5.41, 5.74) is 7.42. The lowest BCUT2D eigenvalue weighted by Gasteiger charge is -2.24. The average Bonchev–Trinajstić information content (AvgIpc) is 2.65. The van der Waals surface area contributed by atoms with Crippen molar-refractivity contribution in [3.8, 4) is 0 Å². The molecule has 3 heteroatoms. The van der Waals surface area contributed by atoms with Crippen molar-refractivity contribution in [2.75, 3.05) is 18.0 Å². The van der Waals surface area contributed by atoms with Gasteiger partial charge < -0.3 is 10.6 Å². The molecule has 2 nitrogen and oxygen atoms in total. The van der Waals surface area contributed by atoms with E-state index in [0.717, 1.165) is 30.3 Å². The van der Waals surface area contributed by atoms with Crippen LogP contribution in [0.4, 0.5) is 10.1 Å². The zero-order chi connectivity index (χ0) is 14.5. The quantitative estimate of drug-likeness (QED) is 0.892. The Kier molecular flexibility index (Phi) is 5.41. The Morgan fingerprint density at radius 1 is 1.35 bits per heavy atom. The molecule has 1 heterocycles. The number of hydrogen-bond acceptors (Lipinski definition) is 2. The van der Waals surface area contributed by atoms with Crippen LogP contribution in [-0.4, -0.2) is 13.1 Å². The third kappa shape index (κ3) is 3.72. The number of rotatable bonds is 4. The van der Waals surface area contributed by atoms with Crippen LogP contribution in [0.3, 0.4) is 0 Å². The average molecular weight is 278 g/mol. The van der Waals surface area contributed by atoms with Crippen molar-refractivity contribution in [1.82, 2.24) is 0 Å². The Labute approximate surface area is 122 Å². The van der Waals surface area contributed by atoms with Crippen LogP contribution in [0.25, 0.3) is 0 Å². The molecule has 2 N–H and O–H groups in total. The van der Waals surface area contributed by atoms with Crippen LogP contribution in [0.1, 0.15) is 57.6 Å². The monoisotopic (exact) mass is 278 g/mol. The molecule has 1 unspecified atom stereocenters. The molecule has 0 aliphatic carbocycles. The van der Waals surface area contributed by atoms with E-state index in [-0.39, 0.29) is 11.9 Å². The maximum Gasteiger partial charge on any atom is 0.146 e. The first kappa shape index (κ1) is 15.3. The molecule has 0 saturated carbocycles. The van der Waals surface area contributed by atoms with E-state index in [2.05, 4.69) is 11.8 Å². The molecule has 1 saturated heterocycles. The molecule has 1 aromatic carbocycles. The third-order valence-electron chi connectivity index (χ3n) is 4.38. The Balaban J connectivity index is 2.07. The van der Waals surface area contributed by atoms with Gasteiger partial charge in [0.1, 0.15) is 5.82 Å². The second-order valence-corrected chi connectivity index (χ2v) is 6.07. The van der Waals surface area contributed by atoms with E-state index in [9.17, 15) is 4.39 Å². The summed E-state index contributed by atoms with van der Waals surface area (Å²) in [4.78, 5) is 2.20. The van der Waals surface area contributed by atoms with Crippen LogP contribution in [0.2, 0.25) is 0 Å². The largest absolute Gasteiger partial charge is 0.369 e. The molecule has 1 aromatic rings. The maximum absolute atomic E-state index is 14.3. The Bertz CT molecular complexity index is 431. The topological polar surface area (TPSA) is 29.3 Å². The summed E-state index contributed by atoms with van der Waals surface area (Å²) in [6.07, 6.45) is 6.19. The normalized spacial score (nSPS) is 21.6. The fraction of sp³-hybridized carbons (Fsp3) is 0.647. The minimum Gasteiger partial charge on any atom is -0.369 e. The van der Waals surface area contributed by atoms with Crippen LogP contribution >= 0.6 is 0 Å². The van der Waals surface area contributed by atoms with Gasteiger partial charge in [0.15, 0.2) is 0 Å². The van der Waals surface area contributed by atoms with Gasteiger partial charge in [-0.3, -0.25) is 0 Å². The summed E-state index contributed by atoms with van der Waals surface area (Å²) in [5, 5.41) is 0. The summed E-state index contributed by atoms with van der Waals surface area (Å²) in [5.74, 6) is 0.685. The Morgan fingerprint density at radius 2 is 2.15 bits per heavy atom. The van der Waals surface area contributed by atoms with Crippen molar-refractivity contribution in [2.24, 2.45) is 11.7 Å². The summed E-state index contributed by atoms with van der Waals surface area (Å²) in [6, 6.07) is 5.33. The predicted octanol–water partition coefficient (Wildman–Crippen LogP) is 4.25. The highest BCUT2D eigenvalue weighted by atomic mass is 19.1. The Morgan fingerprint density at radius 3 is 2.80 bits per heavy atom. The number of halogens is 1. The number of benzene rings is 1. The van der Waals surface area contributed by atoms with Crippen molar-refractivity contribution in [2.45, 2.75) is 52.0 Å². The first-order valence-electron chi connectivity index (χ1n) is 7.91. The first-order valence-corrected chi connectivity index (χ1v) is 7.91. The highest BCUT2D eigenvalue weighted by Crippen LogP contribution is 2.28. The van der Waals surface area contributed by atoms with Crippen LogP contribution in [0, 0.1) is 11.7 Å². The van der Waals surface area contributed by atoms with E-state index in [1.807, 2.05) is 19.1 Å². The molecule has 2 atom stereocenters. The van der Waals surface area contributed by atoms with Gasteiger partial charge in [-0.15, -0.1) is 0 Å². The van der Waals surface area contributed by atoms with Crippen molar-refractivity contribution >= 4 is 5.69 Å². The van der Waals surface area contributed by atoms with Crippen molar-refractivity contribution in [1.29, 1.82) is 0 Å². The molecule has 1 fully saturated rings. The third-order valence-corrected chi connectivity index (χ3v) is 4.38. The van der Waals surface area contributed by atoms with Gasteiger partial charge in [0.25, 0.3) is 0 Å². The lowest BCUT2D eigenvalue weighted by atomic mass is 9.96. The van der Waals surface area contributed by atoms with E-state index in [4.69, 9.17) is 5.73 Å². The smallest absolute Gasteiger partial charge is 0.146 e. The number of hydrogen-bond donors (Lipinski definition) is 1. The fourth-order valence-corrected chi connectivity index (χ4v) is 3.17. The Hall–Kier alpha value is -1.09. The van der Waals surface area contributed by atoms with E-state index in [0.29, 0.717) is 0 Å². The van der Waals surface area contributed by atoms with Crippen LogP contribution < -0.4 is 10.6 Å². The molecule has 0 radical (unpaired) electrons. The van der Waals surface area contributed by atoms with Crippen LogP contribution in [0.5, 0.6) is 0 Å². The van der Waals surface area contributed by atoms with Gasteiger partial charge in [0.05, 0.1) is 5.69 Å². The first-order chi connectivity index (χ1) is 9.61. The molecule has 2 rings (SSSR count). The van der Waals surface area contributed by atoms with Crippen molar-refractivity contribution < 1.29 is 4.39 Å². The minimum absolute atomic E-state index is 0.114. The second-order valence-electron chi connectivity index (χ2n) is 6.07. The minimum atomic E-state index is -0.131. The van der Waals surface area contributed by atoms with E-state index >= 15 is 0 Å².